The summed E-state index contributed by atoms with van der Waals surface area (Å²) in [7, 11) is 0. The molecule has 5 nitrogen and oxygen atoms in total. The van der Waals surface area contributed by atoms with E-state index in [1.165, 1.54) is 16.5 Å². The number of rotatable bonds is 6. The normalized spacial score (nSPS) is 12.6. The highest BCUT2D eigenvalue weighted by atomic mass is 16.5. The molecule has 1 aliphatic heterocycles. The van der Waals surface area contributed by atoms with Crippen LogP contribution in [0.25, 0.3) is 66.8 Å². The summed E-state index contributed by atoms with van der Waals surface area (Å²) in [6.07, 6.45) is 0. The van der Waals surface area contributed by atoms with Crippen molar-refractivity contribution in [2.75, 3.05) is 0 Å². The van der Waals surface area contributed by atoms with Gasteiger partial charge in [-0.3, -0.25) is 0 Å². The van der Waals surface area contributed by atoms with Gasteiger partial charge in [-0.2, -0.15) is 5.26 Å². The van der Waals surface area contributed by atoms with Gasteiger partial charge < -0.3 is 4.74 Å². The van der Waals surface area contributed by atoms with Crippen molar-refractivity contribution in [1.29, 1.82) is 5.26 Å². The molecule has 5 heteroatoms. The van der Waals surface area contributed by atoms with Crippen molar-refractivity contribution >= 4 is 21.5 Å². The summed E-state index contributed by atoms with van der Waals surface area (Å²) >= 11 is 0. The minimum Gasteiger partial charge on any atom is -0.457 e. The number of ether oxygens (including phenoxy) is 1. The van der Waals surface area contributed by atoms with Crippen LogP contribution in [0, 0.1) is 11.3 Å². The van der Waals surface area contributed by atoms with E-state index >= 15 is 0 Å². The van der Waals surface area contributed by atoms with Gasteiger partial charge in [-0.05, 0) is 92.3 Å². The van der Waals surface area contributed by atoms with Crippen molar-refractivity contribution in [3.63, 3.8) is 0 Å². The molecule has 60 heavy (non-hydrogen) atoms. The van der Waals surface area contributed by atoms with Crippen molar-refractivity contribution in [3.05, 3.63) is 234 Å². The minimum absolute atomic E-state index is 0.536. The van der Waals surface area contributed by atoms with Gasteiger partial charge in [0.2, 0.25) is 0 Å². The van der Waals surface area contributed by atoms with Gasteiger partial charge in [0.1, 0.15) is 11.5 Å². The van der Waals surface area contributed by atoms with Gasteiger partial charge in [0, 0.05) is 27.8 Å². The summed E-state index contributed by atoms with van der Waals surface area (Å²) < 4.78 is 6.66. The van der Waals surface area contributed by atoms with Gasteiger partial charge in [-0.15, -0.1) is 0 Å². The van der Waals surface area contributed by atoms with Crippen LogP contribution in [0.1, 0.15) is 27.8 Å². The number of fused-ring (bicyclic) bond motifs is 5. The highest BCUT2D eigenvalue weighted by Gasteiger charge is 2.45. The first-order chi connectivity index (χ1) is 29.7. The quantitative estimate of drug-likeness (QED) is 0.158. The molecule has 0 fully saturated rings. The first-order valence-electron chi connectivity index (χ1n) is 20.0. The molecule has 2 heterocycles. The zero-order valence-corrected chi connectivity index (χ0v) is 32.3. The van der Waals surface area contributed by atoms with Crippen LogP contribution in [0.4, 0.5) is 0 Å². The van der Waals surface area contributed by atoms with Gasteiger partial charge in [-0.1, -0.05) is 158 Å². The fraction of sp³-hybridized carbons (Fsp3) is 0.0182. The van der Waals surface area contributed by atoms with E-state index in [1.807, 2.05) is 18.2 Å². The van der Waals surface area contributed by atoms with E-state index in [2.05, 4.69) is 182 Å². The second-order valence-corrected chi connectivity index (χ2v) is 15.1. The Bertz CT molecular complexity index is 3240. The number of para-hydroxylation sites is 1. The van der Waals surface area contributed by atoms with E-state index in [0.29, 0.717) is 23.0 Å². The molecule has 0 N–H and O–H groups in total. The Labute approximate surface area is 347 Å². The monoisotopic (exact) mass is 766 g/mol. The van der Waals surface area contributed by atoms with Crippen LogP contribution in [0.15, 0.2) is 206 Å². The molecule has 0 unspecified atom stereocenters. The number of hydrogen-bond donors (Lipinski definition) is 0. The molecule has 0 spiro atoms. The third-order valence-electron chi connectivity index (χ3n) is 11.7. The molecule has 1 aliphatic rings. The average molecular weight is 767 g/mol. The summed E-state index contributed by atoms with van der Waals surface area (Å²) in [6, 6.07) is 73.4. The smallest absolute Gasteiger partial charge is 0.164 e. The molecule has 1 aromatic heterocycles. The Hall–Kier alpha value is -8.20. The molecule has 0 saturated heterocycles. The Balaban J connectivity index is 1.05. The molecule has 0 aliphatic carbocycles. The largest absolute Gasteiger partial charge is 0.457 e. The molecule has 0 atom stereocenters. The van der Waals surface area contributed by atoms with Crippen LogP contribution < -0.4 is 4.74 Å². The van der Waals surface area contributed by atoms with E-state index in [-0.39, 0.29) is 0 Å². The van der Waals surface area contributed by atoms with Crippen molar-refractivity contribution in [3.8, 4) is 62.9 Å². The highest BCUT2D eigenvalue weighted by molar-refractivity contribution is 6.13. The molecule has 10 aromatic rings. The van der Waals surface area contributed by atoms with Crippen LogP contribution >= 0.6 is 0 Å². The Morgan fingerprint density at radius 3 is 1.60 bits per heavy atom. The van der Waals surface area contributed by atoms with E-state index in [0.717, 1.165) is 66.6 Å². The predicted molar refractivity (Wildman–Crippen MR) is 240 cm³/mol. The summed E-state index contributed by atoms with van der Waals surface area (Å²) in [6.45, 7) is 0. The molecule has 9 aromatic carbocycles. The number of aromatic nitrogens is 3. The number of benzene rings is 9. The van der Waals surface area contributed by atoms with Crippen LogP contribution in [0.2, 0.25) is 0 Å². The number of nitriles is 1. The Morgan fingerprint density at radius 1 is 0.400 bits per heavy atom. The lowest BCUT2D eigenvalue weighted by Crippen LogP contribution is -2.34. The second-order valence-electron chi connectivity index (χ2n) is 15.1. The number of nitrogens with zero attached hydrogens (tertiary/aromatic N) is 4. The van der Waals surface area contributed by atoms with Crippen molar-refractivity contribution in [2.24, 2.45) is 0 Å². The fourth-order valence-electron chi connectivity index (χ4n) is 8.88. The summed E-state index contributed by atoms with van der Waals surface area (Å²) in [4.78, 5) is 15.3. The first kappa shape index (κ1) is 35.0. The standard InChI is InChI=1S/C55H34N4O/c56-35-36-23-25-38(26-24-36)52-57-53(59-54(58-52)47-33-41-13-7-8-18-44(41)45-19-9-10-20-46(45)47)39-29-27-37(28-30-39)40-31-32-51-49(34-40)55(42-14-3-1-4-15-42,43-16-5-2-6-17-43)48-21-11-12-22-50(48)60-51/h1-34H. The topological polar surface area (TPSA) is 71.7 Å². The van der Waals surface area contributed by atoms with Crippen molar-refractivity contribution < 1.29 is 4.74 Å². The van der Waals surface area contributed by atoms with Gasteiger partial charge in [0.15, 0.2) is 17.5 Å². The lowest BCUT2D eigenvalue weighted by molar-refractivity contribution is 0.434. The lowest BCUT2D eigenvalue weighted by atomic mass is 9.63. The van der Waals surface area contributed by atoms with Gasteiger partial charge in [0.05, 0.1) is 17.0 Å². The maximum atomic E-state index is 9.51. The fourth-order valence-corrected chi connectivity index (χ4v) is 8.88. The van der Waals surface area contributed by atoms with Gasteiger partial charge >= 0.3 is 0 Å². The van der Waals surface area contributed by atoms with Gasteiger partial charge in [0.25, 0.3) is 0 Å². The SMILES string of the molecule is N#Cc1ccc(-c2nc(-c3ccc(-c4ccc5c(c4)C(c4ccccc4)(c4ccccc4)c4ccccc4O5)cc3)nc(-c3cc4ccccc4c4ccccc34)n2)cc1. The minimum atomic E-state index is -0.612. The van der Waals surface area contributed by atoms with E-state index in [9.17, 15) is 5.26 Å². The molecule has 0 saturated carbocycles. The summed E-state index contributed by atoms with van der Waals surface area (Å²) in [5.74, 6) is 3.36. The molecular weight excluding hydrogens is 733 g/mol. The zero-order valence-electron chi connectivity index (χ0n) is 32.3. The zero-order chi connectivity index (χ0) is 40.0. The first-order valence-corrected chi connectivity index (χ1v) is 20.0. The molecule has 0 amide bonds. The molecule has 0 bridgehead atoms. The Morgan fingerprint density at radius 2 is 0.917 bits per heavy atom. The van der Waals surface area contributed by atoms with E-state index < -0.39 is 5.41 Å². The van der Waals surface area contributed by atoms with Crippen LogP contribution in [-0.4, -0.2) is 15.0 Å². The third kappa shape index (κ3) is 5.74. The Kier molecular flexibility index (Phi) is 8.35. The van der Waals surface area contributed by atoms with Crippen LogP contribution in [0.3, 0.4) is 0 Å². The molecule has 280 valence electrons. The van der Waals surface area contributed by atoms with E-state index in [4.69, 9.17) is 19.7 Å². The maximum Gasteiger partial charge on any atom is 0.164 e. The average Bonchev–Trinajstić information content (AvgIpc) is 3.33. The molecule has 0 radical (unpaired) electrons. The predicted octanol–water partition coefficient (Wildman–Crippen LogP) is 13.2. The lowest BCUT2D eigenvalue weighted by Gasteiger charge is -2.41. The van der Waals surface area contributed by atoms with Gasteiger partial charge in [-0.25, -0.2) is 15.0 Å². The second kappa shape index (κ2) is 14.3. The van der Waals surface area contributed by atoms with Crippen molar-refractivity contribution in [1.82, 2.24) is 15.0 Å². The number of hydrogen-bond acceptors (Lipinski definition) is 5. The summed E-state index contributed by atoms with van der Waals surface area (Å²) in [5.41, 5.74) is 9.20. The highest BCUT2D eigenvalue weighted by Crippen LogP contribution is 2.55. The molecule has 11 rings (SSSR count). The van der Waals surface area contributed by atoms with Crippen LogP contribution in [-0.2, 0) is 5.41 Å². The summed E-state index contributed by atoms with van der Waals surface area (Å²) in [5, 5.41) is 14.0. The molecular formula is C55H34N4O. The van der Waals surface area contributed by atoms with Crippen LogP contribution in [0.5, 0.6) is 11.5 Å². The third-order valence-corrected chi connectivity index (χ3v) is 11.7. The van der Waals surface area contributed by atoms with E-state index in [1.54, 1.807) is 12.1 Å². The maximum absolute atomic E-state index is 9.51. The van der Waals surface area contributed by atoms with Crippen molar-refractivity contribution in [2.45, 2.75) is 5.41 Å².